The molecule has 1 aromatic heterocycles. The van der Waals surface area contributed by atoms with E-state index in [-0.39, 0.29) is 18.0 Å². The first kappa shape index (κ1) is 11.1. The van der Waals surface area contributed by atoms with Crippen LogP contribution in [-0.4, -0.2) is 0 Å². The maximum atomic E-state index is 13.5. The molecule has 0 fully saturated rings. The first-order valence-electron chi connectivity index (χ1n) is 5.15. The highest BCUT2D eigenvalue weighted by molar-refractivity contribution is 5.83. The maximum Gasteiger partial charge on any atom is 0.201 e. The van der Waals surface area contributed by atoms with Gasteiger partial charge >= 0.3 is 0 Å². The van der Waals surface area contributed by atoms with Crippen molar-refractivity contribution in [1.82, 2.24) is 0 Å². The molecule has 2 N–H and O–H groups in total. The van der Waals surface area contributed by atoms with Gasteiger partial charge in [0.05, 0.1) is 6.54 Å². The first-order chi connectivity index (χ1) is 7.56. The summed E-state index contributed by atoms with van der Waals surface area (Å²) in [5.41, 5.74) is 6.35. The molecule has 0 saturated heterocycles. The van der Waals surface area contributed by atoms with Gasteiger partial charge < -0.3 is 10.2 Å². The van der Waals surface area contributed by atoms with E-state index in [0.717, 1.165) is 11.6 Å². The molecule has 1 aromatic carbocycles. The van der Waals surface area contributed by atoms with Crippen LogP contribution in [0.4, 0.5) is 8.78 Å². The van der Waals surface area contributed by atoms with Crippen LogP contribution in [0.1, 0.15) is 31.1 Å². The summed E-state index contributed by atoms with van der Waals surface area (Å²) in [6, 6.07) is 2.64. The summed E-state index contributed by atoms with van der Waals surface area (Å²) >= 11 is 0. The van der Waals surface area contributed by atoms with Crippen LogP contribution in [0.15, 0.2) is 16.5 Å². The quantitative estimate of drug-likeness (QED) is 0.851. The van der Waals surface area contributed by atoms with Crippen LogP contribution in [0.3, 0.4) is 0 Å². The lowest BCUT2D eigenvalue weighted by Gasteiger charge is -2.04. The van der Waals surface area contributed by atoms with Crippen LogP contribution in [-0.2, 0) is 6.54 Å². The zero-order valence-corrected chi connectivity index (χ0v) is 9.18. The SMILES string of the molecule is CC(C)c1c(CN)oc2c(F)c(F)ccc12. The highest BCUT2D eigenvalue weighted by Gasteiger charge is 2.20. The molecule has 4 heteroatoms. The van der Waals surface area contributed by atoms with Gasteiger partial charge in [-0.05, 0) is 18.1 Å². The fraction of sp³-hybridized carbons (Fsp3) is 0.333. The largest absolute Gasteiger partial charge is 0.456 e. The predicted molar refractivity (Wildman–Crippen MR) is 58.1 cm³/mol. The lowest BCUT2D eigenvalue weighted by atomic mass is 9.99. The molecule has 0 bridgehead atoms. The van der Waals surface area contributed by atoms with Crippen LogP contribution < -0.4 is 5.73 Å². The van der Waals surface area contributed by atoms with E-state index in [2.05, 4.69) is 0 Å². The van der Waals surface area contributed by atoms with Gasteiger partial charge in [-0.25, -0.2) is 4.39 Å². The van der Waals surface area contributed by atoms with Gasteiger partial charge in [-0.1, -0.05) is 13.8 Å². The lowest BCUT2D eigenvalue weighted by molar-refractivity contribution is 0.477. The van der Waals surface area contributed by atoms with E-state index in [4.69, 9.17) is 10.2 Å². The molecule has 0 radical (unpaired) electrons. The third-order valence-corrected chi connectivity index (χ3v) is 2.63. The Morgan fingerprint density at radius 2 is 2.00 bits per heavy atom. The minimum absolute atomic E-state index is 0.0378. The molecule has 2 aromatic rings. The van der Waals surface area contributed by atoms with Crippen LogP contribution >= 0.6 is 0 Å². The number of rotatable bonds is 2. The molecule has 0 saturated carbocycles. The van der Waals surface area contributed by atoms with Gasteiger partial charge in [-0.2, -0.15) is 4.39 Å². The first-order valence-corrected chi connectivity index (χ1v) is 5.15. The van der Waals surface area contributed by atoms with Crippen molar-refractivity contribution in [1.29, 1.82) is 0 Å². The van der Waals surface area contributed by atoms with Crippen molar-refractivity contribution in [3.8, 4) is 0 Å². The van der Waals surface area contributed by atoms with Crippen LogP contribution in [0, 0.1) is 11.6 Å². The van der Waals surface area contributed by atoms with E-state index in [1.165, 1.54) is 6.07 Å². The summed E-state index contributed by atoms with van der Waals surface area (Å²) in [4.78, 5) is 0. The van der Waals surface area contributed by atoms with Gasteiger partial charge in [0.2, 0.25) is 5.82 Å². The van der Waals surface area contributed by atoms with Gasteiger partial charge in [-0.15, -0.1) is 0 Å². The Bertz CT molecular complexity index is 531. The minimum Gasteiger partial charge on any atom is -0.456 e. The van der Waals surface area contributed by atoms with Gasteiger partial charge in [0.1, 0.15) is 5.76 Å². The zero-order valence-electron chi connectivity index (χ0n) is 9.18. The molecule has 0 spiro atoms. The Morgan fingerprint density at radius 1 is 1.31 bits per heavy atom. The zero-order chi connectivity index (χ0) is 11.9. The summed E-state index contributed by atoms with van der Waals surface area (Å²) in [6.07, 6.45) is 0. The van der Waals surface area contributed by atoms with Gasteiger partial charge in [0.25, 0.3) is 0 Å². The summed E-state index contributed by atoms with van der Waals surface area (Å²) < 4.78 is 31.8. The number of halogens is 2. The van der Waals surface area contributed by atoms with E-state index < -0.39 is 11.6 Å². The number of furan rings is 1. The van der Waals surface area contributed by atoms with E-state index in [1.54, 1.807) is 0 Å². The highest BCUT2D eigenvalue weighted by atomic mass is 19.2. The van der Waals surface area contributed by atoms with E-state index in [0.29, 0.717) is 11.1 Å². The molecule has 0 aliphatic carbocycles. The molecule has 0 aliphatic rings. The number of hydrogen-bond acceptors (Lipinski definition) is 2. The molecule has 1 heterocycles. The van der Waals surface area contributed by atoms with Crippen molar-refractivity contribution < 1.29 is 13.2 Å². The predicted octanol–water partition coefficient (Wildman–Crippen LogP) is 3.29. The Hall–Kier alpha value is -1.42. The van der Waals surface area contributed by atoms with Gasteiger partial charge in [0.15, 0.2) is 11.4 Å². The Balaban J connectivity index is 2.83. The van der Waals surface area contributed by atoms with Crippen molar-refractivity contribution >= 4 is 11.0 Å². The third-order valence-electron chi connectivity index (χ3n) is 2.63. The van der Waals surface area contributed by atoms with Crippen molar-refractivity contribution in [2.75, 3.05) is 0 Å². The van der Waals surface area contributed by atoms with Crippen LogP contribution in [0.25, 0.3) is 11.0 Å². The topological polar surface area (TPSA) is 39.2 Å². The second-order valence-electron chi connectivity index (χ2n) is 4.04. The lowest BCUT2D eigenvalue weighted by Crippen LogP contribution is -1.99. The Kier molecular flexibility index (Phi) is 2.68. The third kappa shape index (κ3) is 1.50. The van der Waals surface area contributed by atoms with Crippen molar-refractivity contribution in [3.05, 3.63) is 35.1 Å². The molecular formula is C12H13F2NO. The van der Waals surface area contributed by atoms with Crippen molar-refractivity contribution in [2.24, 2.45) is 5.73 Å². The molecular weight excluding hydrogens is 212 g/mol. The average Bonchev–Trinajstić information content (AvgIpc) is 2.62. The van der Waals surface area contributed by atoms with Gasteiger partial charge in [-0.3, -0.25) is 0 Å². The monoisotopic (exact) mass is 225 g/mol. The molecule has 86 valence electrons. The fourth-order valence-electron chi connectivity index (χ4n) is 1.96. The van der Waals surface area contributed by atoms with Crippen molar-refractivity contribution in [3.63, 3.8) is 0 Å². The summed E-state index contributed by atoms with van der Waals surface area (Å²) in [6.45, 7) is 4.11. The van der Waals surface area contributed by atoms with Gasteiger partial charge in [0, 0.05) is 10.9 Å². The minimum atomic E-state index is -0.945. The smallest absolute Gasteiger partial charge is 0.201 e. The summed E-state index contributed by atoms with van der Waals surface area (Å²) in [7, 11) is 0. The average molecular weight is 225 g/mol. The molecule has 0 amide bonds. The highest BCUT2D eigenvalue weighted by Crippen LogP contribution is 2.33. The Labute approximate surface area is 92.0 Å². The normalized spacial score (nSPS) is 11.6. The van der Waals surface area contributed by atoms with E-state index in [1.807, 2.05) is 13.8 Å². The van der Waals surface area contributed by atoms with Crippen LogP contribution in [0.2, 0.25) is 0 Å². The standard InChI is InChI=1S/C12H13F2NO/c1-6(2)10-7-3-4-8(13)11(14)12(7)16-9(10)5-15/h3-4,6H,5,15H2,1-2H3. The molecule has 2 rings (SSSR count). The number of hydrogen-bond donors (Lipinski definition) is 1. The van der Waals surface area contributed by atoms with Crippen molar-refractivity contribution in [2.45, 2.75) is 26.3 Å². The van der Waals surface area contributed by atoms with Crippen LogP contribution in [0.5, 0.6) is 0 Å². The molecule has 2 nitrogen and oxygen atoms in total. The Morgan fingerprint density at radius 3 is 2.56 bits per heavy atom. The maximum absolute atomic E-state index is 13.5. The van der Waals surface area contributed by atoms with E-state index in [9.17, 15) is 8.78 Å². The molecule has 0 unspecified atom stereocenters. The second-order valence-corrected chi connectivity index (χ2v) is 4.04. The summed E-state index contributed by atoms with van der Waals surface area (Å²) in [5.74, 6) is -1.17. The van der Waals surface area contributed by atoms with E-state index >= 15 is 0 Å². The fourth-order valence-corrected chi connectivity index (χ4v) is 1.96. The molecule has 16 heavy (non-hydrogen) atoms. The molecule has 0 aliphatic heterocycles. The number of nitrogens with two attached hydrogens (primary N) is 1. The number of fused-ring (bicyclic) bond motifs is 1. The molecule has 0 atom stereocenters. The second kappa shape index (κ2) is 3.87. The number of benzene rings is 1. The summed E-state index contributed by atoms with van der Waals surface area (Å²) in [5, 5.41) is 0.606.